The van der Waals surface area contributed by atoms with Crippen LogP contribution in [0, 0.1) is 0 Å². The van der Waals surface area contributed by atoms with Gasteiger partial charge in [-0.25, -0.2) is 4.79 Å². The second kappa shape index (κ2) is 8.47. The molecular formula is C21H30N2O3. The Morgan fingerprint density at radius 3 is 2.69 bits per heavy atom. The molecule has 0 fully saturated rings. The van der Waals surface area contributed by atoms with Crippen LogP contribution in [0.3, 0.4) is 0 Å². The van der Waals surface area contributed by atoms with Gasteiger partial charge in [0.2, 0.25) is 0 Å². The van der Waals surface area contributed by atoms with Gasteiger partial charge < -0.3 is 20.1 Å². The summed E-state index contributed by atoms with van der Waals surface area (Å²) < 4.78 is 11.2. The summed E-state index contributed by atoms with van der Waals surface area (Å²) in [5.41, 5.74) is 2.40. The first kappa shape index (κ1) is 18.6. The summed E-state index contributed by atoms with van der Waals surface area (Å²) in [5, 5.41) is 5.97. The average Bonchev–Trinajstić information content (AvgIpc) is 2.67. The highest BCUT2D eigenvalue weighted by Gasteiger charge is 2.24. The number of amides is 2. The zero-order valence-electron chi connectivity index (χ0n) is 15.9. The molecule has 1 aliphatic carbocycles. The van der Waals surface area contributed by atoms with Crippen LogP contribution in [-0.2, 0) is 5.41 Å². The number of urea groups is 1. The van der Waals surface area contributed by atoms with Gasteiger partial charge in [0.15, 0.2) is 11.5 Å². The number of carbonyl (C=O) groups excluding carboxylic acids is 1. The van der Waals surface area contributed by atoms with Gasteiger partial charge in [-0.05, 0) is 49.8 Å². The van der Waals surface area contributed by atoms with Gasteiger partial charge in [0.1, 0.15) is 13.2 Å². The summed E-state index contributed by atoms with van der Waals surface area (Å²) in [6, 6.07) is 5.91. The van der Waals surface area contributed by atoms with E-state index in [1.807, 2.05) is 18.2 Å². The van der Waals surface area contributed by atoms with Gasteiger partial charge in [0.25, 0.3) is 0 Å². The van der Waals surface area contributed by atoms with Crippen LogP contribution in [0.15, 0.2) is 29.8 Å². The second-order valence-electron chi connectivity index (χ2n) is 7.71. The van der Waals surface area contributed by atoms with Crippen LogP contribution in [0.5, 0.6) is 11.5 Å². The Kier molecular flexibility index (Phi) is 6.07. The first-order valence-electron chi connectivity index (χ1n) is 9.64. The monoisotopic (exact) mass is 358 g/mol. The maximum atomic E-state index is 12.1. The molecule has 3 rings (SSSR count). The van der Waals surface area contributed by atoms with Crippen molar-refractivity contribution in [3.63, 3.8) is 0 Å². The lowest BCUT2D eigenvalue weighted by Crippen LogP contribution is -2.42. The molecular weight excluding hydrogens is 328 g/mol. The Balaban J connectivity index is 1.46. The van der Waals surface area contributed by atoms with Gasteiger partial charge in [-0.3, -0.25) is 0 Å². The molecule has 26 heavy (non-hydrogen) atoms. The van der Waals surface area contributed by atoms with Crippen molar-refractivity contribution in [2.24, 2.45) is 0 Å². The van der Waals surface area contributed by atoms with Gasteiger partial charge in [0, 0.05) is 18.5 Å². The van der Waals surface area contributed by atoms with Crippen LogP contribution < -0.4 is 20.1 Å². The quantitative estimate of drug-likeness (QED) is 0.758. The fourth-order valence-electron chi connectivity index (χ4n) is 3.40. The SMILES string of the molecule is CC(C)(CNC(=O)NCCC1=CCCCC1)c1ccc2c(c1)OCCO2. The zero-order chi connectivity index (χ0) is 18.4. The average molecular weight is 358 g/mol. The van der Waals surface area contributed by atoms with E-state index in [2.05, 4.69) is 30.6 Å². The number of benzene rings is 1. The number of fused-ring (bicyclic) bond motifs is 1. The minimum absolute atomic E-state index is 0.105. The Morgan fingerprint density at radius 1 is 1.12 bits per heavy atom. The van der Waals surface area contributed by atoms with Crippen LogP contribution >= 0.6 is 0 Å². The number of allylic oxidation sites excluding steroid dienone is 1. The van der Waals surface area contributed by atoms with Crippen molar-refractivity contribution in [1.29, 1.82) is 0 Å². The van der Waals surface area contributed by atoms with Crippen LogP contribution in [0.25, 0.3) is 0 Å². The van der Waals surface area contributed by atoms with Gasteiger partial charge in [0.05, 0.1) is 0 Å². The van der Waals surface area contributed by atoms with E-state index in [0.717, 1.165) is 23.5 Å². The maximum absolute atomic E-state index is 12.1. The Labute approximate surface area is 156 Å². The van der Waals surface area contributed by atoms with Crippen LogP contribution in [0.4, 0.5) is 4.79 Å². The van der Waals surface area contributed by atoms with Crippen molar-refractivity contribution in [1.82, 2.24) is 10.6 Å². The summed E-state index contributed by atoms with van der Waals surface area (Å²) in [7, 11) is 0. The molecule has 0 atom stereocenters. The van der Waals surface area contributed by atoms with Crippen LogP contribution in [0.1, 0.15) is 51.5 Å². The van der Waals surface area contributed by atoms with E-state index in [0.29, 0.717) is 26.3 Å². The standard InChI is InChI=1S/C21H30N2O3/c1-21(2,17-8-9-18-19(14-17)26-13-12-25-18)15-23-20(24)22-11-10-16-6-4-3-5-7-16/h6,8-9,14H,3-5,7,10-13,15H2,1-2H3,(H2,22,23,24). The molecule has 2 aliphatic rings. The number of hydrogen-bond acceptors (Lipinski definition) is 3. The van der Waals surface area contributed by atoms with E-state index >= 15 is 0 Å². The van der Waals surface area contributed by atoms with E-state index in [-0.39, 0.29) is 11.4 Å². The van der Waals surface area contributed by atoms with Crippen molar-refractivity contribution in [3.8, 4) is 11.5 Å². The van der Waals surface area contributed by atoms with Gasteiger partial charge >= 0.3 is 6.03 Å². The Bertz CT molecular complexity index is 667. The summed E-state index contributed by atoms with van der Waals surface area (Å²) in [6.45, 7) is 6.66. The molecule has 142 valence electrons. The van der Waals surface area contributed by atoms with Crippen molar-refractivity contribution in [2.45, 2.75) is 51.4 Å². The smallest absolute Gasteiger partial charge is 0.314 e. The molecule has 0 aromatic heterocycles. The Morgan fingerprint density at radius 2 is 1.92 bits per heavy atom. The highest BCUT2D eigenvalue weighted by Crippen LogP contribution is 2.34. The molecule has 2 amide bonds. The van der Waals surface area contributed by atoms with Crippen molar-refractivity contribution in [3.05, 3.63) is 35.4 Å². The number of nitrogens with one attached hydrogen (secondary N) is 2. The Hall–Kier alpha value is -2.17. The molecule has 0 radical (unpaired) electrons. The lowest BCUT2D eigenvalue weighted by Gasteiger charge is -2.28. The third-order valence-corrected chi connectivity index (χ3v) is 5.13. The minimum atomic E-state index is -0.195. The molecule has 1 aromatic carbocycles. The van der Waals surface area contributed by atoms with Crippen LogP contribution in [0.2, 0.25) is 0 Å². The second-order valence-corrected chi connectivity index (χ2v) is 7.71. The molecule has 5 nitrogen and oxygen atoms in total. The fourth-order valence-corrected chi connectivity index (χ4v) is 3.40. The number of hydrogen-bond donors (Lipinski definition) is 2. The topological polar surface area (TPSA) is 59.6 Å². The normalized spacial score (nSPS) is 16.6. The predicted octanol–water partition coefficient (Wildman–Crippen LogP) is 3.93. The van der Waals surface area contributed by atoms with Gasteiger partial charge in [-0.2, -0.15) is 0 Å². The molecule has 2 N–H and O–H groups in total. The molecule has 0 spiro atoms. The van der Waals surface area contributed by atoms with E-state index in [1.54, 1.807) is 0 Å². The van der Waals surface area contributed by atoms with E-state index in [1.165, 1.54) is 31.3 Å². The van der Waals surface area contributed by atoms with Crippen molar-refractivity contribution in [2.75, 3.05) is 26.3 Å². The van der Waals surface area contributed by atoms with Crippen LogP contribution in [-0.4, -0.2) is 32.3 Å². The largest absolute Gasteiger partial charge is 0.486 e. The number of carbonyl (C=O) groups is 1. The van der Waals surface area contributed by atoms with E-state index in [9.17, 15) is 4.79 Å². The molecule has 1 heterocycles. The summed E-state index contributed by atoms with van der Waals surface area (Å²) in [4.78, 5) is 12.1. The summed E-state index contributed by atoms with van der Waals surface area (Å²) >= 11 is 0. The lowest BCUT2D eigenvalue weighted by atomic mass is 9.84. The molecule has 1 aliphatic heterocycles. The first-order valence-corrected chi connectivity index (χ1v) is 9.64. The highest BCUT2D eigenvalue weighted by molar-refractivity contribution is 5.74. The molecule has 1 aromatic rings. The summed E-state index contributed by atoms with van der Waals surface area (Å²) in [6.07, 6.45) is 8.23. The first-order chi connectivity index (χ1) is 12.5. The van der Waals surface area contributed by atoms with Gasteiger partial charge in [-0.15, -0.1) is 0 Å². The number of ether oxygens (including phenoxy) is 2. The van der Waals surface area contributed by atoms with E-state index < -0.39 is 0 Å². The predicted molar refractivity (Wildman–Crippen MR) is 103 cm³/mol. The van der Waals surface area contributed by atoms with E-state index in [4.69, 9.17) is 9.47 Å². The van der Waals surface area contributed by atoms with Crippen molar-refractivity contribution < 1.29 is 14.3 Å². The molecule has 0 bridgehead atoms. The molecule has 0 saturated carbocycles. The third-order valence-electron chi connectivity index (χ3n) is 5.13. The zero-order valence-corrected chi connectivity index (χ0v) is 15.9. The minimum Gasteiger partial charge on any atom is -0.486 e. The highest BCUT2D eigenvalue weighted by atomic mass is 16.6. The molecule has 0 saturated heterocycles. The fraction of sp³-hybridized carbons (Fsp3) is 0.571. The maximum Gasteiger partial charge on any atom is 0.314 e. The van der Waals surface area contributed by atoms with Gasteiger partial charge in [-0.1, -0.05) is 31.6 Å². The molecule has 5 heteroatoms. The van der Waals surface area contributed by atoms with Crippen molar-refractivity contribution >= 4 is 6.03 Å². The molecule has 0 unspecified atom stereocenters. The summed E-state index contributed by atoms with van der Waals surface area (Å²) in [5.74, 6) is 1.57. The number of rotatable bonds is 6. The third kappa shape index (κ3) is 4.93. The lowest BCUT2D eigenvalue weighted by molar-refractivity contribution is 0.171.